The predicted octanol–water partition coefficient (Wildman–Crippen LogP) is 5.76. The maximum atomic E-state index is 12.9. The van der Waals surface area contributed by atoms with E-state index in [-0.39, 0.29) is 44.1 Å². The number of alkyl carbamates (subject to hydrolysis) is 3. The van der Waals surface area contributed by atoms with Crippen molar-refractivity contribution in [3.05, 3.63) is 54.1 Å². The molecule has 0 saturated carbocycles. The fourth-order valence-corrected chi connectivity index (χ4v) is 5.76. The summed E-state index contributed by atoms with van der Waals surface area (Å²) in [5.41, 5.74) is -2.04. The minimum Gasteiger partial charge on any atom is -0.490 e. The summed E-state index contributed by atoms with van der Waals surface area (Å²) in [5.74, 6) is -0.621. The molecule has 18 heteroatoms. The summed E-state index contributed by atoms with van der Waals surface area (Å²) in [6.45, 7) is 18.0. The van der Waals surface area contributed by atoms with E-state index >= 15 is 0 Å². The highest BCUT2D eigenvalue weighted by Gasteiger charge is 2.60. The van der Waals surface area contributed by atoms with Gasteiger partial charge in [0.1, 0.15) is 44.4 Å². The van der Waals surface area contributed by atoms with E-state index in [2.05, 4.69) is 29.1 Å². The number of esters is 2. The summed E-state index contributed by atoms with van der Waals surface area (Å²) in [7, 11) is 0. The standard InChI is InChI=1S/C42H64N4O14/c1-29(2)35(47)56-27-31(5)58-38(50)44-22-14-10-9-13-21-43-37(49)55-26-25-54-34-19-17-33(18-20-34)42(53)41(7,8)60-40(52)46(42)24-16-12-11-15-23-45-39(51)59-32(6)28-57-36(48)30(3)4/h17-20,31-32,53H,1,3,9-16,21-28H2,2,4-8H3,(H,43,49)(H,44,50)(H,45,51)/t31?,32?,42-/m0/s1. The summed E-state index contributed by atoms with van der Waals surface area (Å²) < 4.78 is 36.7. The molecule has 1 aliphatic heterocycles. The highest BCUT2D eigenvalue weighted by Crippen LogP contribution is 2.45. The third-order valence-electron chi connectivity index (χ3n) is 9.07. The van der Waals surface area contributed by atoms with Gasteiger partial charge >= 0.3 is 36.3 Å². The zero-order chi connectivity index (χ0) is 44.7. The second-order valence-electron chi connectivity index (χ2n) is 15.0. The lowest BCUT2D eigenvalue weighted by Crippen LogP contribution is -2.53. The van der Waals surface area contributed by atoms with E-state index in [4.69, 9.17) is 33.2 Å². The molecule has 2 unspecified atom stereocenters. The van der Waals surface area contributed by atoms with Gasteiger partial charge in [-0.2, -0.15) is 0 Å². The number of rotatable bonds is 27. The van der Waals surface area contributed by atoms with Gasteiger partial charge in [0.05, 0.1) is 0 Å². The van der Waals surface area contributed by atoms with Crippen molar-refractivity contribution in [2.45, 2.75) is 116 Å². The quantitative estimate of drug-likeness (QED) is 0.0358. The Labute approximate surface area is 352 Å². The summed E-state index contributed by atoms with van der Waals surface area (Å²) in [6.07, 6.45) is 2.18. The molecule has 4 amide bonds. The van der Waals surface area contributed by atoms with Crippen molar-refractivity contribution in [3.63, 3.8) is 0 Å². The Kier molecular flexibility index (Phi) is 21.8. The summed E-state index contributed by atoms with van der Waals surface area (Å²) in [4.78, 5) is 73.1. The highest BCUT2D eigenvalue weighted by molar-refractivity contribution is 5.87. The number of benzene rings is 1. The topological polar surface area (TPSA) is 227 Å². The summed E-state index contributed by atoms with van der Waals surface area (Å²) in [5, 5.41) is 19.9. The third kappa shape index (κ3) is 17.8. The Morgan fingerprint density at radius 2 is 1.15 bits per heavy atom. The zero-order valence-electron chi connectivity index (χ0n) is 35.9. The number of amides is 4. The number of ether oxygens (including phenoxy) is 7. The van der Waals surface area contributed by atoms with E-state index in [9.17, 15) is 33.9 Å². The van der Waals surface area contributed by atoms with Gasteiger partial charge < -0.3 is 54.2 Å². The van der Waals surface area contributed by atoms with Gasteiger partial charge in [-0.15, -0.1) is 0 Å². The van der Waals surface area contributed by atoms with Crippen LogP contribution >= 0.6 is 0 Å². The Morgan fingerprint density at radius 1 is 0.700 bits per heavy atom. The first-order valence-corrected chi connectivity index (χ1v) is 20.3. The molecule has 0 radical (unpaired) electrons. The Morgan fingerprint density at radius 3 is 1.62 bits per heavy atom. The maximum absolute atomic E-state index is 12.9. The molecule has 60 heavy (non-hydrogen) atoms. The van der Waals surface area contributed by atoms with Crippen LogP contribution < -0.4 is 20.7 Å². The molecule has 0 spiro atoms. The van der Waals surface area contributed by atoms with Gasteiger partial charge in [0.2, 0.25) is 5.72 Å². The third-order valence-corrected chi connectivity index (χ3v) is 9.07. The Balaban J connectivity index is 1.62. The molecule has 336 valence electrons. The van der Waals surface area contributed by atoms with Gasteiger partial charge in [-0.05, 0) is 79.4 Å². The van der Waals surface area contributed by atoms with Gasteiger partial charge in [-0.3, -0.25) is 4.90 Å². The lowest BCUT2D eigenvalue weighted by atomic mass is 9.86. The lowest BCUT2D eigenvalue weighted by molar-refractivity contribution is -0.149. The molecule has 1 aliphatic rings. The normalized spacial score (nSPS) is 16.3. The molecule has 4 N–H and O–H groups in total. The van der Waals surface area contributed by atoms with Crippen molar-refractivity contribution in [1.29, 1.82) is 0 Å². The van der Waals surface area contributed by atoms with Gasteiger partial charge in [0.15, 0.2) is 5.60 Å². The molecule has 1 saturated heterocycles. The van der Waals surface area contributed by atoms with Crippen LogP contribution in [0, 0.1) is 0 Å². The Hall–Kier alpha value is -5.52. The smallest absolute Gasteiger partial charge is 0.413 e. The molecule has 0 aliphatic carbocycles. The number of carbonyl (C=O) groups excluding carboxylic acids is 6. The average Bonchev–Trinajstić information content (AvgIpc) is 3.36. The number of hydrogen-bond acceptors (Lipinski definition) is 14. The van der Waals surface area contributed by atoms with Crippen LogP contribution in [0.1, 0.15) is 98.5 Å². The van der Waals surface area contributed by atoms with E-state index in [1.165, 1.54) is 18.7 Å². The van der Waals surface area contributed by atoms with Gasteiger partial charge in [0, 0.05) is 42.9 Å². The average molecular weight is 849 g/mol. The van der Waals surface area contributed by atoms with Crippen LogP contribution in [0.25, 0.3) is 0 Å². The molecular weight excluding hydrogens is 784 g/mol. The number of unbranched alkanes of at least 4 members (excludes halogenated alkanes) is 6. The second kappa shape index (κ2) is 25.9. The van der Waals surface area contributed by atoms with Gasteiger partial charge in [0.25, 0.3) is 0 Å². The number of nitrogens with zero attached hydrogens (tertiary/aromatic N) is 1. The summed E-state index contributed by atoms with van der Waals surface area (Å²) in [6, 6.07) is 6.62. The molecule has 1 heterocycles. The molecule has 0 bridgehead atoms. The van der Waals surface area contributed by atoms with Crippen LogP contribution in [0.15, 0.2) is 48.6 Å². The van der Waals surface area contributed by atoms with Crippen molar-refractivity contribution in [1.82, 2.24) is 20.9 Å². The molecule has 18 nitrogen and oxygen atoms in total. The van der Waals surface area contributed by atoms with Crippen LogP contribution in [0.2, 0.25) is 0 Å². The van der Waals surface area contributed by atoms with Crippen LogP contribution in [-0.4, -0.2) is 117 Å². The van der Waals surface area contributed by atoms with Crippen molar-refractivity contribution < 1.29 is 67.0 Å². The number of hydrogen-bond donors (Lipinski definition) is 4. The number of aliphatic hydroxyl groups is 1. The van der Waals surface area contributed by atoms with E-state index in [1.807, 2.05) is 0 Å². The van der Waals surface area contributed by atoms with Gasteiger partial charge in [-0.1, -0.05) is 51.0 Å². The molecule has 3 atom stereocenters. The molecule has 0 aromatic heterocycles. The minimum absolute atomic E-state index is 0.00548. The predicted molar refractivity (Wildman–Crippen MR) is 219 cm³/mol. The molecular formula is C42H64N4O14. The van der Waals surface area contributed by atoms with Crippen LogP contribution in [-0.2, 0) is 43.7 Å². The molecule has 1 aromatic carbocycles. The van der Waals surface area contributed by atoms with Gasteiger partial charge in [-0.25, -0.2) is 28.8 Å². The van der Waals surface area contributed by atoms with Crippen LogP contribution in [0.3, 0.4) is 0 Å². The molecule has 2 rings (SSSR count). The van der Waals surface area contributed by atoms with Crippen molar-refractivity contribution in [2.75, 3.05) is 52.6 Å². The minimum atomic E-state index is -1.75. The van der Waals surface area contributed by atoms with E-state index in [0.29, 0.717) is 43.8 Å². The fraction of sp³-hybridized carbons (Fsp3) is 0.619. The first kappa shape index (κ1) is 50.6. The van der Waals surface area contributed by atoms with Crippen LogP contribution in [0.4, 0.5) is 19.2 Å². The first-order chi connectivity index (χ1) is 28.4. The Bertz CT molecular complexity index is 1600. The van der Waals surface area contributed by atoms with E-state index in [1.54, 1.807) is 52.0 Å². The van der Waals surface area contributed by atoms with Crippen molar-refractivity contribution in [2.24, 2.45) is 0 Å². The fourth-order valence-electron chi connectivity index (χ4n) is 5.76. The summed E-state index contributed by atoms with van der Waals surface area (Å²) >= 11 is 0. The lowest BCUT2D eigenvalue weighted by Gasteiger charge is -2.38. The monoisotopic (exact) mass is 848 g/mol. The van der Waals surface area contributed by atoms with E-state index < -0.39 is 59.8 Å². The van der Waals surface area contributed by atoms with Crippen molar-refractivity contribution in [3.8, 4) is 5.75 Å². The SMILES string of the molecule is C=C(C)C(=O)OCC(C)OC(=O)NCCCCCCNC(=O)OCCOc1ccc([C@@]2(O)N(CCCCCCNC(=O)OC(C)COC(=O)C(=C)C)C(=O)OC2(C)C)cc1. The van der Waals surface area contributed by atoms with E-state index in [0.717, 1.165) is 38.5 Å². The maximum Gasteiger partial charge on any atom is 0.413 e. The second-order valence-corrected chi connectivity index (χ2v) is 15.0. The first-order valence-electron chi connectivity index (χ1n) is 20.3. The number of carbonyl (C=O) groups is 6. The molecule has 1 fully saturated rings. The van der Waals surface area contributed by atoms with Crippen LogP contribution in [0.5, 0.6) is 5.75 Å². The zero-order valence-corrected chi connectivity index (χ0v) is 35.9. The largest absolute Gasteiger partial charge is 0.490 e. The van der Waals surface area contributed by atoms with Crippen molar-refractivity contribution >= 4 is 36.3 Å². The number of cyclic esters (lactones) is 1. The highest BCUT2D eigenvalue weighted by atomic mass is 16.6. The molecule has 1 aromatic rings. The number of nitrogens with one attached hydrogen (secondary N) is 3.